The molecule has 1 saturated carbocycles. The van der Waals surface area contributed by atoms with E-state index in [1.165, 1.54) is 12.3 Å². The Morgan fingerprint density at radius 3 is 2.57 bits per heavy atom. The highest BCUT2D eigenvalue weighted by Crippen LogP contribution is 2.35. The number of sulfone groups is 1. The lowest BCUT2D eigenvalue weighted by atomic mass is 9.87. The summed E-state index contributed by atoms with van der Waals surface area (Å²) in [6.45, 7) is 0. The normalized spacial score (nSPS) is 15.0. The third-order valence-corrected chi connectivity index (χ3v) is 8.51. The molecule has 7 nitrogen and oxygen atoms in total. The summed E-state index contributed by atoms with van der Waals surface area (Å²) < 4.78 is 29.9. The van der Waals surface area contributed by atoms with Gasteiger partial charge in [0, 0.05) is 5.56 Å². The van der Waals surface area contributed by atoms with E-state index in [2.05, 4.69) is 15.3 Å². The number of anilines is 1. The number of carbonyl (C=O) groups is 1. The van der Waals surface area contributed by atoms with Crippen LogP contribution >= 0.6 is 11.6 Å². The number of hydrogen-bond donors (Lipinski definition) is 1. The van der Waals surface area contributed by atoms with E-state index < -0.39 is 21.0 Å². The minimum atomic E-state index is -3.60. The maximum absolute atomic E-state index is 13.4. The molecule has 3 aromatic rings. The Morgan fingerprint density at radius 1 is 1.11 bits per heavy atom. The van der Waals surface area contributed by atoms with E-state index in [4.69, 9.17) is 16.3 Å². The summed E-state index contributed by atoms with van der Waals surface area (Å²) in [5.41, 5.74) is 2.16. The van der Waals surface area contributed by atoms with Gasteiger partial charge in [-0.3, -0.25) is 9.78 Å². The van der Waals surface area contributed by atoms with Gasteiger partial charge in [-0.2, -0.15) is 0 Å². The Labute approximate surface area is 210 Å². The summed E-state index contributed by atoms with van der Waals surface area (Å²) in [6.07, 6.45) is 8.20. The van der Waals surface area contributed by atoms with Crippen LogP contribution in [0.25, 0.3) is 11.3 Å². The number of amides is 1. The van der Waals surface area contributed by atoms with Gasteiger partial charge in [-0.25, -0.2) is 13.4 Å². The molecule has 4 rings (SSSR count). The number of alkyl halides is 1. The fraction of sp³-hybridized carbons (Fsp3) is 0.346. The van der Waals surface area contributed by atoms with Crippen LogP contribution in [0.3, 0.4) is 0 Å². The largest absolute Gasteiger partial charge is 0.497 e. The molecule has 0 spiro atoms. The Kier molecular flexibility index (Phi) is 8.03. The lowest BCUT2D eigenvalue weighted by Crippen LogP contribution is -2.24. The van der Waals surface area contributed by atoms with Crippen LogP contribution in [-0.2, 0) is 14.6 Å². The fourth-order valence-electron chi connectivity index (χ4n) is 4.50. The third-order valence-electron chi connectivity index (χ3n) is 6.39. The van der Waals surface area contributed by atoms with Crippen LogP contribution < -0.4 is 10.1 Å². The number of halogens is 1. The van der Waals surface area contributed by atoms with Crippen molar-refractivity contribution in [2.24, 2.45) is 5.92 Å². The fourth-order valence-corrected chi connectivity index (χ4v) is 5.60. The Hall–Kier alpha value is -2.97. The molecule has 1 N–H and O–H groups in total. The van der Waals surface area contributed by atoms with Crippen LogP contribution in [-0.4, -0.2) is 36.6 Å². The van der Waals surface area contributed by atoms with Gasteiger partial charge in [0.05, 0.1) is 36.0 Å². The van der Waals surface area contributed by atoms with Gasteiger partial charge in [-0.1, -0.05) is 49.9 Å². The Morgan fingerprint density at radius 2 is 1.89 bits per heavy atom. The maximum Gasteiger partial charge on any atom is 0.233 e. The number of hydrogen-bond acceptors (Lipinski definition) is 6. The first-order valence-electron chi connectivity index (χ1n) is 11.6. The van der Waals surface area contributed by atoms with Crippen molar-refractivity contribution in [1.82, 2.24) is 9.97 Å². The van der Waals surface area contributed by atoms with Crippen LogP contribution in [0.15, 0.2) is 65.8 Å². The molecule has 1 amide bonds. The number of aromatic nitrogens is 2. The molecule has 0 bridgehead atoms. The molecule has 0 unspecified atom stereocenters. The van der Waals surface area contributed by atoms with Crippen molar-refractivity contribution in [1.29, 1.82) is 0 Å². The van der Waals surface area contributed by atoms with E-state index in [0.717, 1.165) is 37.0 Å². The molecular formula is C26H28ClN3O4S. The number of methoxy groups -OCH3 is 1. The smallest absolute Gasteiger partial charge is 0.233 e. The summed E-state index contributed by atoms with van der Waals surface area (Å²) in [5.74, 6) is 0.724. The molecule has 1 aliphatic carbocycles. The first-order valence-corrected chi connectivity index (χ1v) is 13.7. The van der Waals surface area contributed by atoms with Gasteiger partial charge < -0.3 is 10.1 Å². The minimum absolute atomic E-state index is 0.122. The van der Waals surface area contributed by atoms with Crippen LogP contribution in [0.4, 0.5) is 5.82 Å². The van der Waals surface area contributed by atoms with E-state index in [0.29, 0.717) is 29.4 Å². The molecule has 1 heterocycles. The molecule has 9 heteroatoms. The highest BCUT2D eigenvalue weighted by Gasteiger charge is 2.28. The van der Waals surface area contributed by atoms with E-state index in [1.807, 2.05) is 24.3 Å². The van der Waals surface area contributed by atoms with Gasteiger partial charge in [0.15, 0.2) is 15.7 Å². The number of carbonyl (C=O) groups excluding carboxylic acids is 1. The summed E-state index contributed by atoms with van der Waals surface area (Å²) in [4.78, 5) is 22.3. The standard InChI is InChI=1S/C26H28ClN3O4S/c1-34-21-10-4-9-20(13-21)24-15-29-25(16-28-24)30-26(31)23(12-18-6-2-3-7-18)19-8-5-11-22(14-19)35(32,33)17-27/h4-5,8-11,13-16,18,23H,2-3,6-7,12,17H2,1H3,(H,29,30,31)/t23-/m1/s1. The summed E-state index contributed by atoms with van der Waals surface area (Å²) in [5, 5.41) is 2.37. The second-order valence-electron chi connectivity index (χ2n) is 8.74. The van der Waals surface area contributed by atoms with Crippen LogP contribution in [0.5, 0.6) is 5.75 Å². The predicted molar refractivity (Wildman–Crippen MR) is 136 cm³/mol. The van der Waals surface area contributed by atoms with Gasteiger partial charge in [-0.15, -0.1) is 11.6 Å². The van der Waals surface area contributed by atoms with Crippen LogP contribution in [0, 0.1) is 5.92 Å². The number of ether oxygens (including phenoxy) is 1. The highest BCUT2D eigenvalue weighted by atomic mass is 35.5. The second-order valence-corrected chi connectivity index (χ2v) is 11.3. The van der Waals surface area contributed by atoms with E-state index in [-0.39, 0.29) is 10.8 Å². The van der Waals surface area contributed by atoms with Crippen molar-refractivity contribution in [3.63, 3.8) is 0 Å². The van der Waals surface area contributed by atoms with Crippen LogP contribution in [0.2, 0.25) is 0 Å². The van der Waals surface area contributed by atoms with Crippen molar-refractivity contribution in [2.75, 3.05) is 17.6 Å². The van der Waals surface area contributed by atoms with E-state index >= 15 is 0 Å². The molecule has 1 fully saturated rings. The Bertz CT molecular complexity index is 1280. The van der Waals surface area contributed by atoms with E-state index in [9.17, 15) is 13.2 Å². The predicted octanol–water partition coefficient (Wildman–Crippen LogP) is 5.42. The first kappa shape index (κ1) is 25.1. The zero-order chi connectivity index (χ0) is 24.8. The van der Waals surface area contributed by atoms with Gasteiger partial charge in [-0.05, 0) is 42.2 Å². The number of rotatable bonds is 9. The van der Waals surface area contributed by atoms with Crippen molar-refractivity contribution >= 4 is 33.2 Å². The zero-order valence-electron chi connectivity index (χ0n) is 19.5. The molecular weight excluding hydrogens is 486 g/mol. The monoisotopic (exact) mass is 513 g/mol. The van der Waals surface area contributed by atoms with Crippen molar-refractivity contribution < 1.29 is 17.9 Å². The highest BCUT2D eigenvalue weighted by molar-refractivity contribution is 7.92. The molecule has 0 saturated heterocycles. The molecule has 0 radical (unpaired) electrons. The summed E-state index contributed by atoms with van der Waals surface area (Å²) in [6, 6.07) is 14.0. The average Bonchev–Trinajstić information content (AvgIpc) is 3.41. The minimum Gasteiger partial charge on any atom is -0.497 e. The lowest BCUT2D eigenvalue weighted by Gasteiger charge is -2.21. The Balaban J connectivity index is 1.56. The van der Waals surface area contributed by atoms with Crippen molar-refractivity contribution in [3.8, 4) is 17.0 Å². The van der Waals surface area contributed by atoms with Crippen molar-refractivity contribution in [3.05, 3.63) is 66.5 Å². The van der Waals surface area contributed by atoms with Gasteiger partial charge >= 0.3 is 0 Å². The summed E-state index contributed by atoms with van der Waals surface area (Å²) in [7, 11) is -2.00. The van der Waals surface area contributed by atoms with Gasteiger partial charge in [0.1, 0.15) is 11.0 Å². The SMILES string of the molecule is COc1cccc(-c2cnc(NC(=O)[C@H](CC3CCCC3)c3cccc(S(=O)(=O)CCl)c3)cn2)c1. The quantitative estimate of drug-likeness (QED) is 0.383. The van der Waals surface area contributed by atoms with Crippen molar-refractivity contribution in [2.45, 2.75) is 42.9 Å². The van der Waals surface area contributed by atoms with Gasteiger partial charge in [0.2, 0.25) is 5.91 Å². The molecule has 1 aromatic heterocycles. The molecule has 35 heavy (non-hydrogen) atoms. The molecule has 1 atom stereocenters. The molecule has 184 valence electrons. The van der Waals surface area contributed by atoms with E-state index in [1.54, 1.807) is 31.5 Å². The molecule has 0 aliphatic heterocycles. The number of benzene rings is 2. The first-order chi connectivity index (χ1) is 16.9. The summed E-state index contributed by atoms with van der Waals surface area (Å²) >= 11 is 5.65. The second kappa shape index (κ2) is 11.2. The number of nitrogens with zero attached hydrogens (tertiary/aromatic N) is 2. The number of nitrogens with one attached hydrogen (secondary N) is 1. The van der Waals surface area contributed by atoms with Gasteiger partial charge in [0.25, 0.3) is 0 Å². The molecule has 2 aromatic carbocycles. The zero-order valence-corrected chi connectivity index (χ0v) is 21.1. The average molecular weight is 514 g/mol. The van der Waals surface area contributed by atoms with Crippen LogP contribution in [0.1, 0.15) is 43.6 Å². The maximum atomic E-state index is 13.4. The lowest BCUT2D eigenvalue weighted by molar-refractivity contribution is -0.118. The molecule has 1 aliphatic rings. The topological polar surface area (TPSA) is 98.2 Å². The third kappa shape index (κ3) is 6.18.